The van der Waals surface area contributed by atoms with Crippen LogP contribution in [-0.4, -0.2) is 42.5 Å². The number of nitrogens with zero attached hydrogens (tertiary/aromatic N) is 1. The summed E-state index contributed by atoms with van der Waals surface area (Å²) in [7, 11) is 2.09. The summed E-state index contributed by atoms with van der Waals surface area (Å²) in [6.07, 6.45) is 4.76. The first kappa shape index (κ1) is 10.9. The van der Waals surface area contributed by atoms with E-state index >= 15 is 0 Å². The Morgan fingerprint density at radius 2 is 2.33 bits per heavy atom. The van der Waals surface area contributed by atoms with Crippen molar-refractivity contribution in [1.29, 1.82) is 0 Å². The predicted molar refractivity (Wildman–Crippen MR) is 59.4 cm³/mol. The van der Waals surface area contributed by atoms with Gasteiger partial charge in [-0.05, 0) is 39.3 Å². The Morgan fingerprint density at radius 1 is 1.60 bits per heavy atom. The van der Waals surface area contributed by atoms with Gasteiger partial charge in [-0.25, -0.2) is 0 Å². The second-order valence-electron chi connectivity index (χ2n) is 5.21. The Bertz CT molecular complexity index is 250. The molecule has 15 heavy (non-hydrogen) atoms. The summed E-state index contributed by atoms with van der Waals surface area (Å²) in [6, 6.07) is 0.339. The molecular formula is C11H21N3O. The summed E-state index contributed by atoms with van der Waals surface area (Å²) in [5.74, 6) is 0.137. The number of rotatable bonds is 3. The highest BCUT2D eigenvalue weighted by atomic mass is 16.1. The second-order valence-corrected chi connectivity index (χ2v) is 5.21. The van der Waals surface area contributed by atoms with Gasteiger partial charge >= 0.3 is 0 Å². The standard InChI is InChI=1S/C11H21N3O/c1-14-6-3-9(8-14)13-10(15)7-11(12)4-2-5-11/h9H,2-8,12H2,1H3,(H,13,15). The maximum atomic E-state index is 11.7. The number of nitrogens with two attached hydrogens (primary N) is 1. The van der Waals surface area contributed by atoms with E-state index in [1.807, 2.05) is 0 Å². The number of likely N-dealkylation sites (tertiary alicyclic amines) is 1. The third-order valence-corrected chi connectivity index (χ3v) is 3.62. The van der Waals surface area contributed by atoms with E-state index < -0.39 is 0 Å². The van der Waals surface area contributed by atoms with E-state index in [4.69, 9.17) is 5.73 Å². The number of hydrogen-bond acceptors (Lipinski definition) is 3. The van der Waals surface area contributed by atoms with Crippen molar-refractivity contribution in [1.82, 2.24) is 10.2 Å². The van der Waals surface area contributed by atoms with Crippen molar-refractivity contribution in [3.63, 3.8) is 0 Å². The van der Waals surface area contributed by atoms with Crippen LogP contribution < -0.4 is 11.1 Å². The van der Waals surface area contributed by atoms with E-state index in [0.717, 1.165) is 32.4 Å². The first-order chi connectivity index (χ1) is 7.07. The lowest BCUT2D eigenvalue weighted by Gasteiger charge is -2.37. The number of likely N-dealkylation sites (N-methyl/N-ethyl adjacent to an activating group) is 1. The van der Waals surface area contributed by atoms with Crippen LogP contribution >= 0.6 is 0 Å². The zero-order valence-electron chi connectivity index (χ0n) is 9.46. The van der Waals surface area contributed by atoms with Crippen molar-refractivity contribution < 1.29 is 4.79 Å². The van der Waals surface area contributed by atoms with E-state index in [1.54, 1.807) is 0 Å². The fraction of sp³-hybridized carbons (Fsp3) is 0.909. The van der Waals surface area contributed by atoms with Gasteiger partial charge in [0.2, 0.25) is 5.91 Å². The van der Waals surface area contributed by atoms with E-state index in [1.165, 1.54) is 6.42 Å². The number of nitrogens with one attached hydrogen (secondary N) is 1. The zero-order valence-corrected chi connectivity index (χ0v) is 9.46. The quantitative estimate of drug-likeness (QED) is 0.695. The summed E-state index contributed by atoms with van der Waals surface area (Å²) in [6.45, 7) is 2.06. The molecule has 0 aromatic heterocycles. The van der Waals surface area contributed by atoms with Gasteiger partial charge in [0.25, 0.3) is 0 Å². The minimum atomic E-state index is -0.186. The number of amides is 1. The van der Waals surface area contributed by atoms with Gasteiger partial charge in [0.15, 0.2) is 0 Å². The maximum absolute atomic E-state index is 11.7. The Balaban J connectivity index is 1.72. The molecule has 3 N–H and O–H groups in total. The SMILES string of the molecule is CN1CCC(NC(=O)CC2(N)CCC2)C1. The molecule has 1 heterocycles. The average molecular weight is 211 g/mol. The van der Waals surface area contributed by atoms with Crippen LogP contribution in [0.2, 0.25) is 0 Å². The molecule has 1 saturated heterocycles. The van der Waals surface area contributed by atoms with Gasteiger partial charge in [-0.2, -0.15) is 0 Å². The Morgan fingerprint density at radius 3 is 2.80 bits per heavy atom. The van der Waals surface area contributed by atoms with Crippen molar-refractivity contribution in [2.75, 3.05) is 20.1 Å². The van der Waals surface area contributed by atoms with E-state index in [2.05, 4.69) is 17.3 Å². The molecule has 0 aromatic carbocycles. The largest absolute Gasteiger partial charge is 0.352 e. The molecule has 1 aliphatic carbocycles. The van der Waals surface area contributed by atoms with Crippen LogP contribution in [0.4, 0.5) is 0 Å². The molecule has 1 saturated carbocycles. The minimum absolute atomic E-state index is 0.137. The first-order valence-electron chi connectivity index (χ1n) is 5.84. The maximum Gasteiger partial charge on any atom is 0.222 e. The number of carbonyl (C=O) groups is 1. The number of hydrogen-bond donors (Lipinski definition) is 2. The minimum Gasteiger partial charge on any atom is -0.352 e. The van der Waals surface area contributed by atoms with Crippen molar-refractivity contribution in [3.05, 3.63) is 0 Å². The molecule has 1 unspecified atom stereocenters. The predicted octanol–water partition coefficient (Wildman–Crippen LogP) is 0.0782. The van der Waals surface area contributed by atoms with Gasteiger partial charge in [0.05, 0.1) is 0 Å². The third kappa shape index (κ3) is 2.69. The molecule has 0 aromatic rings. The summed E-state index contributed by atoms with van der Waals surface area (Å²) in [5, 5.41) is 3.07. The van der Waals surface area contributed by atoms with E-state index in [-0.39, 0.29) is 11.4 Å². The molecule has 0 spiro atoms. The van der Waals surface area contributed by atoms with Gasteiger partial charge in [-0.3, -0.25) is 4.79 Å². The first-order valence-corrected chi connectivity index (χ1v) is 5.84. The van der Waals surface area contributed by atoms with Gasteiger partial charge in [-0.15, -0.1) is 0 Å². The summed E-state index contributed by atoms with van der Waals surface area (Å²) in [4.78, 5) is 13.9. The molecule has 2 rings (SSSR count). The van der Waals surface area contributed by atoms with Crippen LogP contribution in [0.5, 0.6) is 0 Å². The average Bonchev–Trinajstić information content (AvgIpc) is 2.48. The second kappa shape index (κ2) is 4.10. The van der Waals surface area contributed by atoms with Crippen LogP contribution in [0.15, 0.2) is 0 Å². The summed E-state index contributed by atoms with van der Waals surface area (Å²) in [5.41, 5.74) is 5.85. The fourth-order valence-corrected chi connectivity index (χ4v) is 2.46. The van der Waals surface area contributed by atoms with Crippen molar-refractivity contribution >= 4 is 5.91 Å². The molecule has 4 heteroatoms. The molecule has 1 atom stereocenters. The molecule has 4 nitrogen and oxygen atoms in total. The Hall–Kier alpha value is -0.610. The molecular weight excluding hydrogens is 190 g/mol. The van der Waals surface area contributed by atoms with Gasteiger partial charge < -0.3 is 16.0 Å². The molecule has 0 radical (unpaired) electrons. The van der Waals surface area contributed by atoms with Crippen LogP contribution in [-0.2, 0) is 4.79 Å². The van der Waals surface area contributed by atoms with Gasteiger partial charge in [0.1, 0.15) is 0 Å². The molecule has 1 aliphatic heterocycles. The van der Waals surface area contributed by atoms with E-state index in [9.17, 15) is 4.79 Å². The molecule has 1 amide bonds. The van der Waals surface area contributed by atoms with Crippen LogP contribution in [0.25, 0.3) is 0 Å². The lowest BCUT2D eigenvalue weighted by molar-refractivity contribution is -0.123. The van der Waals surface area contributed by atoms with Crippen LogP contribution in [0.3, 0.4) is 0 Å². The van der Waals surface area contributed by atoms with Crippen molar-refractivity contribution in [2.45, 2.75) is 43.7 Å². The highest BCUT2D eigenvalue weighted by Gasteiger charge is 2.35. The van der Waals surface area contributed by atoms with E-state index in [0.29, 0.717) is 12.5 Å². The molecule has 0 bridgehead atoms. The monoisotopic (exact) mass is 211 g/mol. The summed E-state index contributed by atoms with van der Waals surface area (Å²) < 4.78 is 0. The highest BCUT2D eigenvalue weighted by Crippen LogP contribution is 2.31. The summed E-state index contributed by atoms with van der Waals surface area (Å²) >= 11 is 0. The highest BCUT2D eigenvalue weighted by molar-refractivity contribution is 5.77. The zero-order chi connectivity index (χ0) is 10.9. The van der Waals surface area contributed by atoms with Gasteiger partial charge in [0, 0.05) is 24.5 Å². The smallest absolute Gasteiger partial charge is 0.222 e. The number of carbonyl (C=O) groups excluding carboxylic acids is 1. The lowest BCUT2D eigenvalue weighted by atomic mass is 9.75. The normalized spacial score (nSPS) is 29.9. The molecule has 2 aliphatic rings. The topological polar surface area (TPSA) is 58.4 Å². The van der Waals surface area contributed by atoms with Crippen LogP contribution in [0.1, 0.15) is 32.1 Å². The Labute approximate surface area is 91.2 Å². The van der Waals surface area contributed by atoms with Crippen LogP contribution in [0, 0.1) is 0 Å². The van der Waals surface area contributed by atoms with Crippen molar-refractivity contribution in [3.8, 4) is 0 Å². The third-order valence-electron chi connectivity index (χ3n) is 3.62. The van der Waals surface area contributed by atoms with Crippen molar-refractivity contribution in [2.24, 2.45) is 5.73 Å². The fourth-order valence-electron chi connectivity index (χ4n) is 2.46. The Kier molecular flexibility index (Phi) is 2.98. The lowest BCUT2D eigenvalue weighted by Crippen LogP contribution is -2.51. The molecule has 86 valence electrons. The molecule has 2 fully saturated rings. The van der Waals surface area contributed by atoms with Gasteiger partial charge in [-0.1, -0.05) is 0 Å².